The molecule has 3 aliphatic carbocycles. The maximum Gasteiger partial charge on any atom is 0.0544 e. The summed E-state index contributed by atoms with van der Waals surface area (Å²) < 4.78 is 2.52. The molecule has 0 radical (unpaired) electrons. The van der Waals surface area contributed by atoms with E-state index in [9.17, 15) is 0 Å². The molecule has 54 heavy (non-hydrogen) atoms. The molecule has 4 aromatic carbocycles. The van der Waals surface area contributed by atoms with E-state index < -0.39 is 0 Å². The Morgan fingerprint density at radius 3 is 2.24 bits per heavy atom. The van der Waals surface area contributed by atoms with Gasteiger partial charge in [-0.25, -0.2) is 0 Å². The third-order valence-corrected chi connectivity index (χ3v) is 10.5. The van der Waals surface area contributed by atoms with Crippen LogP contribution in [0.4, 0.5) is 11.4 Å². The molecule has 0 amide bonds. The minimum absolute atomic E-state index is 0.439. The van der Waals surface area contributed by atoms with Gasteiger partial charge in [0, 0.05) is 39.8 Å². The minimum Gasteiger partial charge on any atom is -0.317 e. The van der Waals surface area contributed by atoms with Crippen molar-refractivity contribution in [3.05, 3.63) is 187 Å². The third-order valence-electron chi connectivity index (χ3n) is 10.5. The van der Waals surface area contributed by atoms with Gasteiger partial charge in [0.15, 0.2) is 0 Å². The van der Waals surface area contributed by atoms with E-state index >= 15 is 0 Å². The van der Waals surface area contributed by atoms with Crippen molar-refractivity contribution in [3.63, 3.8) is 0 Å². The number of para-hydroxylation sites is 1. The monoisotopic (exact) mass is 704 g/mol. The second kappa shape index (κ2) is 16.9. The van der Waals surface area contributed by atoms with E-state index in [2.05, 4.69) is 180 Å². The van der Waals surface area contributed by atoms with Crippen molar-refractivity contribution >= 4 is 50.0 Å². The molecule has 0 fully saturated rings. The first-order valence-electron chi connectivity index (χ1n) is 19.9. The number of benzene rings is 4. The second-order valence-electron chi connectivity index (χ2n) is 13.6. The summed E-state index contributed by atoms with van der Waals surface area (Å²) in [7, 11) is 0. The van der Waals surface area contributed by atoms with Crippen molar-refractivity contribution in [1.29, 1.82) is 0 Å². The van der Waals surface area contributed by atoms with Gasteiger partial charge in [-0.3, -0.25) is 0 Å². The molecule has 1 aliphatic heterocycles. The van der Waals surface area contributed by atoms with Crippen LogP contribution in [0.5, 0.6) is 0 Å². The van der Waals surface area contributed by atoms with E-state index in [1.807, 2.05) is 27.7 Å². The molecule has 9 rings (SSSR count). The highest BCUT2D eigenvalue weighted by Crippen LogP contribution is 2.42. The third kappa shape index (κ3) is 7.09. The lowest BCUT2D eigenvalue weighted by atomic mass is 9.81. The highest BCUT2D eigenvalue weighted by atomic mass is 15.1. The average molecular weight is 705 g/mol. The molecule has 2 nitrogen and oxygen atoms in total. The van der Waals surface area contributed by atoms with Crippen LogP contribution in [0.3, 0.4) is 0 Å². The summed E-state index contributed by atoms with van der Waals surface area (Å²) in [5.41, 5.74) is 14.8. The SMILES string of the molecule is C=C1/C=C\C=C/N(c2ccccc2)c2ccc(-c3ccc4c(c3)c3ccc(C5=CCCC=C5C5C=CC=CC5)cc3n4C3=CC=CCC3)cc21.CC.CC. The van der Waals surface area contributed by atoms with Gasteiger partial charge in [-0.2, -0.15) is 0 Å². The summed E-state index contributed by atoms with van der Waals surface area (Å²) in [5.74, 6) is 0.439. The fourth-order valence-electron chi connectivity index (χ4n) is 8.07. The van der Waals surface area contributed by atoms with Crippen LogP contribution < -0.4 is 4.90 Å². The number of anilines is 2. The number of nitrogens with zero attached hydrogens (tertiary/aromatic N) is 2. The first-order valence-corrected chi connectivity index (χ1v) is 19.9. The summed E-state index contributed by atoms with van der Waals surface area (Å²) in [6.07, 6.45) is 34.5. The molecule has 5 aromatic rings. The first kappa shape index (κ1) is 36.5. The van der Waals surface area contributed by atoms with Crippen LogP contribution in [0.15, 0.2) is 176 Å². The summed E-state index contributed by atoms with van der Waals surface area (Å²) in [6, 6.07) is 31.5. The predicted molar refractivity (Wildman–Crippen MR) is 238 cm³/mol. The quantitative estimate of drug-likeness (QED) is 0.177. The van der Waals surface area contributed by atoms with Crippen LogP contribution in [-0.2, 0) is 0 Å². The smallest absolute Gasteiger partial charge is 0.0544 e. The molecule has 0 bridgehead atoms. The fraction of sp³-hybridized carbons (Fsp3) is 0.192. The average Bonchev–Trinajstić information content (AvgIpc) is 3.58. The molecule has 0 saturated carbocycles. The number of fused-ring (bicyclic) bond motifs is 4. The molecule has 1 atom stereocenters. The molecule has 2 heterocycles. The number of hydrogen-bond donors (Lipinski definition) is 0. The molecule has 2 heteroatoms. The van der Waals surface area contributed by atoms with Crippen molar-refractivity contribution in [2.75, 3.05) is 4.90 Å². The summed E-state index contributed by atoms with van der Waals surface area (Å²) in [4.78, 5) is 2.25. The largest absolute Gasteiger partial charge is 0.317 e. The zero-order chi connectivity index (χ0) is 37.4. The van der Waals surface area contributed by atoms with Crippen molar-refractivity contribution < 1.29 is 0 Å². The highest BCUT2D eigenvalue weighted by Gasteiger charge is 2.22. The molecule has 1 unspecified atom stereocenters. The van der Waals surface area contributed by atoms with E-state index in [-0.39, 0.29) is 0 Å². The Bertz CT molecular complexity index is 2410. The highest BCUT2D eigenvalue weighted by molar-refractivity contribution is 6.12. The summed E-state index contributed by atoms with van der Waals surface area (Å²) in [6.45, 7) is 12.5. The maximum absolute atomic E-state index is 4.47. The van der Waals surface area contributed by atoms with Crippen molar-refractivity contribution in [2.45, 2.75) is 59.8 Å². The van der Waals surface area contributed by atoms with Crippen LogP contribution in [0, 0.1) is 5.92 Å². The normalized spacial score (nSPS) is 18.6. The summed E-state index contributed by atoms with van der Waals surface area (Å²) in [5, 5.41) is 2.58. The van der Waals surface area contributed by atoms with Gasteiger partial charge in [0.05, 0.1) is 16.7 Å². The molecular formula is C52H52N2. The van der Waals surface area contributed by atoms with Gasteiger partial charge < -0.3 is 9.47 Å². The standard InChI is InChI=1S/C48H40N2.2C2H6/c1-34-15-13-14-30-49(39-18-7-3-8-19-39)46-28-25-36(31-44(34)46)37-26-29-47-45(32-37)43-27-24-38(33-48(43)50(47)40-20-9-4-10-21-40)42-23-12-11-22-41(42)35-16-5-2-6-17-35;2*1-2/h2-9,13-16,18-20,22-33,35H,1,10-12,17,21H2;2*1-2H3/b15-13-,30-14-;;. The molecular weight excluding hydrogens is 653 g/mol. The Morgan fingerprint density at radius 1 is 0.648 bits per heavy atom. The number of hydrogen-bond acceptors (Lipinski definition) is 1. The molecule has 4 aliphatic rings. The van der Waals surface area contributed by atoms with Crippen LogP contribution in [0.2, 0.25) is 0 Å². The van der Waals surface area contributed by atoms with E-state index in [1.165, 1.54) is 55.3 Å². The first-order chi connectivity index (χ1) is 26.7. The topological polar surface area (TPSA) is 8.17 Å². The lowest BCUT2D eigenvalue weighted by Crippen LogP contribution is -2.11. The van der Waals surface area contributed by atoms with Crippen LogP contribution in [0.1, 0.15) is 70.9 Å². The Balaban J connectivity index is 0.00000109. The maximum atomic E-state index is 4.47. The van der Waals surface area contributed by atoms with Crippen molar-refractivity contribution in [3.8, 4) is 11.1 Å². The zero-order valence-corrected chi connectivity index (χ0v) is 32.3. The minimum atomic E-state index is 0.439. The molecule has 1 aromatic heterocycles. The van der Waals surface area contributed by atoms with Crippen molar-refractivity contribution in [1.82, 2.24) is 4.57 Å². The predicted octanol–water partition coefficient (Wildman–Crippen LogP) is 15.2. The van der Waals surface area contributed by atoms with E-state index in [4.69, 9.17) is 0 Å². The lowest BCUT2D eigenvalue weighted by Gasteiger charge is -2.25. The Morgan fingerprint density at radius 2 is 1.44 bits per heavy atom. The van der Waals surface area contributed by atoms with Gasteiger partial charge in [-0.05, 0) is 120 Å². The number of aromatic nitrogens is 1. The second-order valence-corrected chi connectivity index (χ2v) is 13.6. The van der Waals surface area contributed by atoms with E-state index in [0.29, 0.717) is 5.92 Å². The van der Waals surface area contributed by atoms with Crippen LogP contribution in [-0.4, -0.2) is 4.57 Å². The summed E-state index contributed by atoms with van der Waals surface area (Å²) >= 11 is 0. The van der Waals surface area contributed by atoms with Gasteiger partial charge in [0.1, 0.15) is 0 Å². The van der Waals surface area contributed by atoms with Gasteiger partial charge in [0.25, 0.3) is 0 Å². The molecule has 270 valence electrons. The van der Waals surface area contributed by atoms with Crippen molar-refractivity contribution in [2.24, 2.45) is 5.92 Å². The van der Waals surface area contributed by atoms with Gasteiger partial charge in [-0.1, -0.05) is 137 Å². The molecule has 0 saturated heterocycles. The van der Waals surface area contributed by atoms with Crippen LogP contribution >= 0.6 is 0 Å². The van der Waals surface area contributed by atoms with Gasteiger partial charge in [0.2, 0.25) is 0 Å². The van der Waals surface area contributed by atoms with E-state index in [1.54, 1.807) is 0 Å². The Kier molecular flexibility index (Phi) is 11.4. The van der Waals surface area contributed by atoms with Gasteiger partial charge >= 0.3 is 0 Å². The van der Waals surface area contributed by atoms with Crippen LogP contribution in [0.25, 0.3) is 49.8 Å². The molecule has 0 N–H and O–H groups in total. The zero-order valence-electron chi connectivity index (χ0n) is 32.3. The Labute approximate surface area is 322 Å². The van der Waals surface area contributed by atoms with Gasteiger partial charge in [-0.15, -0.1) is 0 Å². The number of rotatable bonds is 5. The fourth-order valence-corrected chi connectivity index (χ4v) is 8.07. The lowest BCUT2D eigenvalue weighted by molar-refractivity contribution is 0.776. The number of allylic oxidation sites excluding steroid dienone is 16. The molecule has 0 spiro atoms. The Hall–Kier alpha value is -5.86. The van der Waals surface area contributed by atoms with E-state index in [0.717, 1.165) is 54.6 Å².